The fourth-order valence-electron chi connectivity index (χ4n) is 3.33. The predicted molar refractivity (Wildman–Crippen MR) is 123 cm³/mol. The average Bonchev–Trinajstić information content (AvgIpc) is 3.16. The van der Waals surface area contributed by atoms with E-state index in [2.05, 4.69) is 43.3 Å². The number of hydrogen-bond acceptors (Lipinski definition) is 6. The largest absolute Gasteiger partial charge is 0.493 e. The summed E-state index contributed by atoms with van der Waals surface area (Å²) in [6.07, 6.45) is 1.75. The van der Waals surface area contributed by atoms with Crippen LogP contribution in [0.2, 0.25) is 0 Å². The highest BCUT2D eigenvalue weighted by Gasteiger charge is 2.15. The first-order valence-electron chi connectivity index (χ1n) is 9.50. The van der Waals surface area contributed by atoms with Gasteiger partial charge in [0.25, 0.3) is 0 Å². The van der Waals surface area contributed by atoms with Crippen LogP contribution in [-0.4, -0.2) is 39.3 Å². The summed E-state index contributed by atoms with van der Waals surface area (Å²) in [5.41, 5.74) is 6.63. The van der Waals surface area contributed by atoms with Crippen LogP contribution < -0.4 is 19.0 Å². The van der Waals surface area contributed by atoms with Gasteiger partial charge in [-0.1, -0.05) is 6.07 Å². The number of aryl methyl sites for hydroxylation is 3. The lowest BCUT2D eigenvalue weighted by Gasteiger charge is -2.14. The topological polar surface area (TPSA) is 57.3 Å². The number of hydrogen-bond donors (Lipinski definition) is 0. The second-order valence-electron chi connectivity index (χ2n) is 6.86. The Balaban J connectivity index is 2.14. The monoisotopic (exact) mass is 425 g/mol. The molecule has 0 aliphatic carbocycles. The molecule has 0 radical (unpaired) electrons. The summed E-state index contributed by atoms with van der Waals surface area (Å²) in [5.74, 6) is 1.70. The Kier molecular flexibility index (Phi) is 6.62. The molecule has 2 aromatic carbocycles. The number of benzene rings is 2. The maximum absolute atomic E-state index is 5.57. The van der Waals surface area contributed by atoms with E-state index in [1.165, 1.54) is 16.7 Å². The molecule has 3 aromatic rings. The van der Waals surface area contributed by atoms with Crippen molar-refractivity contribution in [2.24, 2.45) is 10.1 Å². The summed E-state index contributed by atoms with van der Waals surface area (Å²) in [6.45, 7) is 6.37. The highest BCUT2D eigenvalue weighted by Crippen LogP contribution is 2.39. The Morgan fingerprint density at radius 1 is 0.900 bits per heavy atom. The highest BCUT2D eigenvalue weighted by atomic mass is 32.1. The Labute approximate surface area is 181 Å². The SMILES string of the molecule is CN=c1scc(-c2cc(C)c(C)cc2C)n1/N=C\c1ccc(OC)c(OC)c1OC. The lowest BCUT2D eigenvalue weighted by atomic mass is 9.99. The van der Waals surface area contributed by atoms with E-state index in [4.69, 9.17) is 19.3 Å². The van der Waals surface area contributed by atoms with Gasteiger partial charge in [-0.3, -0.25) is 4.99 Å². The summed E-state index contributed by atoms with van der Waals surface area (Å²) in [5, 5.41) is 6.83. The summed E-state index contributed by atoms with van der Waals surface area (Å²) < 4.78 is 18.3. The number of thiazole rings is 1. The molecular weight excluding hydrogens is 398 g/mol. The molecule has 0 atom stereocenters. The van der Waals surface area contributed by atoms with Gasteiger partial charge in [-0.05, 0) is 55.7 Å². The Bertz CT molecular complexity index is 1160. The van der Waals surface area contributed by atoms with Gasteiger partial charge >= 0.3 is 0 Å². The fraction of sp³-hybridized carbons (Fsp3) is 0.304. The minimum Gasteiger partial charge on any atom is -0.493 e. The minimum absolute atomic E-state index is 0.532. The maximum atomic E-state index is 5.57. The smallest absolute Gasteiger partial charge is 0.205 e. The zero-order valence-electron chi connectivity index (χ0n) is 18.4. The van der Waals surface area contributed by atoms with Crippen molar-refractivity contribution in [2.75, 3.05) is 28.4 Å². The van der Waals surface area contributed by atoms with Crippen LogP contribution in [0.4, 0.5) is 0 Å². The van der Waals surface area contributed by atoms with Gasteiger partial charge in [0, 0.05) is 23.6 Å². The van der Waals surface area contributed by atoms with E-state index < -0.39 is 0 Å². The van der Waals surface area contributed by atoms with Gasteiger partial charge in [0.1, 0.15) is 0 Å². The van der Waals surface area contributed by atoms with E-state index in [9.17, 15) is 0 Å². The Morgan fingerprint density at radius 2 is 1.60 bits per heavy atom. The van der Waals surface area contributed by atoms with Gasteiger partial charge in [0.2, 0.25) is 10.6 Å². The first-order valence-corrected chi connectivity index (χ1v) is 10.4. The molecule has 30 heavy (non-hydrogen) atoms. The molecule has 158 valence electrons. The fourth-order valence-corrected chi connectivity index (χ4v) is 4.13. The molecule has 0 N–H and O–H groups in total. The molecule has 0 aliphatic heterocycles. The Morgan fingerprint density at radius 3 is 2.23 bits per heavy atom. The van der Waals surface area contributed by atoms with E-state index in [1.54, 1.807) is 45.9 Å². The summed E-state index contributed by atoms with van der Waals surface area (Å²) in [4.78, 5) is 5.20. The second-order valence-corrected chi connectivity index (χ2v) is 7.69. The van der Waals surface area contributed by atoms with Crippen LogP contribution in [0, 0.1) is 20.8 Å². The van der Waals surface area contributed by atoms with Crippen molar-refractivity contribution in [1.82, 2.24) is 4.68 Å². The van der Waals surface area contributed by atoms with Crippen LogP contribution in [0.25, 0.3) is 11.3 Å². The minimum atomic E-state index is 0.532. The van der Waals surface area contributed by atoms with Crippen LogP contribution in [0.15, 0.2) is 39.7 Å². The molecule has 0 bridgehead atoms. The van der Waals surface area contributed by atoms with Gasteiger partial charge < -0.3 is 14.2 Å². The van der Waals surface area contributed by atoms with Gasteiger partial charge in [0.05, 0.1) is 33.2 Å². The Hall–Kier alpha value is -3.06. The van der Waals surface area contributed by atoms with Crippen molar-refractivity contribution in [3.63, 3.8) is 0 Å². The normalized spacial score (nSPS) is 11.9. The molecule has 0 aliphatic rings. The summed E-state index contributed by atoms with van der Waals surface area (Å²) in [7, 11) is 6.55. The zero-order valence-corrected chi connectivity index (χ0v) is 19.3. The van der Waals surface area contributed by atoms with E-state index in [0.29, 0.717) is 17.2 Å². The van der Waals surface area contributed by atoms with E-state index in [0.717, 1.165) is 21.6 Å². The molecular formula is C23H27N3O3S. The van der Waals surface area contributed by atoms with Gasteiger partial charge in [-0.25, -0.2) is 4.68 Å². The van der Waals surface area contributed by atoms with Crippen molar-refractivity contribution in [1.29, 1.82) is 0 Å². The lowest BCUT2D eigenvalue weighted by Crippen LogP contribution is -2.12. The van der Waals surface area contributed by atoms with Gasteiger partial charge in [-0.15, -0.1) is 11.3 Å². The lowest BCUT2D eigenvalue weighted by molar-refractivity contribution is 0.324. The molecule has 1 heterocycles. The summed E-state index contributed by atoms with van der Waals surface area (Å²) >= 11 is 1.56. The van der Waals surface area contributed by atoms with Crippen molar-refractivity contribution >= 4 is 17.6 Å². The van der Waals surface area contributed by atoms with Crippen molar-refractivity contribution in [3.8, 4) is 28.5 Å². The quantitative estimate of drug-likeness (QED) is 0.543. The molecule has 0 amide bonds. The van der Waals surface area contributed by atoms with Gasteiger partial charge in [0.15, 0.2) is 11.5 Å². The van der Waals surface area contributed by atoms with Crippen LogP contribution in [-0.2, 0) is 0 Å². The van der Waals surface area contributed by atoms with Crippen LogP contribution >= 0.6 is 11.3 Å². The van der Waals surface area contributed by atoms with Gasteiger partial charge in [-0.2, -0.15) is 5.10 Å². The third kappa shape index (κ3) is 3.98. The highest BCUT2D eigenvalue weighted by molar-refractivity contribution is 7.07. The van der Waals surface area contributed by atoms with Crippen LogP contribution in [0.1, 0.15) is 22.3 Å². The predicted octanol–water partition coefficient (Wildman–Crippen LogP) is 4.58. The standard InChI is InChI=1S/C23H27N3O3S/c1-14-10-16(3)18(11-15(14)2)19-13-30-23(24-4)26(19)25-12-17-8-9-20(27-5)22(29-7)21(17)28-6/h8-13H,1-7H3/b24-23?,25-12-. The summed E-state index contributed by atoms with van der Waals surface area (Å²) in [6, 6.07) is 8.13. The van der Waals surface area contributed by atoms with Crippen molar-refractivity contribution in [2.45, 2.75) is 20.8 Å². The molecule has 7 heteroatoms. The maximum Gasteiger partial charge on any atom is 0.205 e. The third-order valence-electron chi connectivity index (χ3n) is 5.04. The molecule has 0 saturated heterocycles. The van der Waals surface area contributed by atoms with Crippen LogP contribution in [0.3, 0.4) is 0 Å². The average molecular weight is 426 g/mol. The molecule has 0 unspecified atom stereocenters. The molecule has 1 aromatic heterocycles. The molecule has 0 spiro atoms. The van der Waals surface area contributed by atoms with E-state index >= 15 is 0 Å². The van der Waals surface area contributed by atoms with E-state index in [-0.39, 0.29) is 0 Å². The third-order valence-corrected chi connectivity index (χ3v) is 5.95. The van der Waals surface area contributed by atoms with Crippen molar-refractivity contribution in [3.05, 3.63) is 56.7 Å². The molecule has 6 nitrogen and oxygen atoms in total. The first-order chi connectivity index (χ1) is 14.4. The zero-order chi connectivity index (χ0) is 21.8. The number of nitrogens with zero attached hydrogens (tertiary/aromatic N) is 3. The van der Waals surface area contributed by atoms with E-state index in [1.807, 2.05) is 16.8 Å². The molecule has 0 saturated carbocycles. The van der Waals surface area contributed by atoms with Crippen molar-refractivity contribution < 1.29 is 14.2 Å². The number of methoxy groups -OCH3 is 3. The van der Waals surface area contributed by atoms with Crippen LogP contribution in [0.5, 0.6) is 17.2 Å². The number of rotatable bonds is 6. The molecule has 0 fully saturated rings. The molecule has 3 rings (SSSR count). The number of aromatic nitrogens is 1. The first kappa shape index (κ1) is 21.6. The number of ether oxygens (including phenoxy) is 3. The second kappa shape index (κ2) is 9.17.